The molecule has 2 unspecified atom stereocenters. The summed E-state index contributed by atoms with van der Waals surface area (Å²) in [6.45, 7) is 4.01. The van der Waals surface area contributed by atoms with Crippen molar-refractivity contribution in [2.45, 2.75) is 57.4 Å². The molecule has 7 nitrogen and oxygen atoms in total. The van der Waals surface area contributed by atoms with Gasteiger partial charge in [-0.05, 0) is 64.5 Å². The smallest absolute Gasteiger partial charge is 0.305 e. The van der Waals surface area contributed by atoms with Crippen LogP contribution >= 0.6 is 0 Å². The molecule has 0 aromatic rings. The van der Waals surface area contributed by atoms with Gasteiger partial charge in [-0.25, -0.2) is 0 Å². The molecule has 2 saturated heterocycles. The minimum Gasteiger partial charge on any atom is -0.481 e. The molecule has 1 amide bonds. The van der Waals surface area contributed by atoms with Gasteiger partial charge in [0.05, 0.1) is 18.5 Å². The highest BCUT2D eigenvalue weighted by Crippen LogP contribution is 2.27. The van der Waals surface area contributed by atoms with E-state index in [9.17, 15) is 14.4 Å². The van der Waals surface area contributed by atoms with Crippen LogP contribution < -0.4 is 11.1 Å². The van der Waals surface area contributed by atoms with E-state index < -0.39 is 17.9 Å². The number of nitrogens with two attached hydrogens (primary N) is 1. The molecule has 142 valence electrons. The summed E-state index contributed by atoms with van der Waals surface area (Å²) in [6, 6.07) is 0. The van der Waals surface area contributed by atoms with E-state index in [0.717, 1.165) is 38.8 Å². The van der Waals surface area contributed by atoms with Crippen molar-refractivity contribution in [1.82, 2.24) is 10.2 Å². The van der Waals surface area contributed by atoms with Crippen molar-refractivity contribution in [2.75, 3.05) is 26.2 Å². The average molecular weight is 353 g/mol. The molecular formula is C18H31N3O4. The molecule has 0 bridgehead atoms. The number of hydrogen-bond acceptors (Lipinski definition) is 5. The van der Waals surface area contributed by atoms with Crippen molar-refractivity contribution in [2.24, 2.45) is 17.6 Å². The van der Waals surface area contributed by atoms with E-state index in [4.69, 9.17) is 10.8 Å². The standard InChI is InChI=1S/C18H31N3O4/c1-18(19,11-16(23)24)15(22)12-21-10-2-3-14(17(21)25)5-4-13-6-8-20-9-7-13/h13-14,20H,2-12,19H2,1H3,(H,23,24). The molecule has 2 aliphatic rings. The van der Waals surface area contributed by atoms with Gasteiger partial charge in [-0.15, -0.1) is 0 Å². The highest BCUT2D eigenvalue weighted by Gasteiger charge is 2.36. The molecule has 25 heavy (non-hydrogen) atoms. The number of nitrogens with zero attached hydrogens (tertiary/aromatic N) is 1. The van der Waals surface area contributed by atoms with Crippen LogP contribution in [0, 0.1) is 11.8 Å². The Morgan fingerprint density at radius 2 is 1.96 bits per heavy atom. The zero-order valence-corrected chi connectivity index (χ0v) is 15.1. The molecular weight excluding hydrogens is 322 g/mol. The molecule has 2 atom stereocenters. The third-order valence-corrected chi connectivity index (χ3v) is 5.51. The number of hydrogen-bond donors (Lipinski definition) is 3. The minimum absolute atomic E-state index is 0.0139. The van der Waals surface area contributed by atoms with Gasteiger partial charge in [0, 0.05) is 12.5 Å². The van der Waals surface area contributed by atoms with Crippen LogP contribution in [0.4, 0.5) is 0 Å². The summed E-state index contributed by atoms with van der Waals surface area (Å²) < 4.78 is 0. The van der Waals surface area contributed by atoms with Crippen molar-refractivity contribution in [3.8, 4) is 0 Å². The zero-order chi connectivity index (χ0) is 18.4. The van der Waals surface area contributed by atoms with Crippen LogP contribution in [0.15, 0.2) is 0 Å². The van der Waals surface area contributed by atoms with Gasteiger partial charge in [-0.1, -0.05) is 0 Å². The van der Waals surface area contributed by atoms with E-state index in [1.165, 1.54) is 19.8 Å². The van der Waals surface area contributed by atoms with E-state index in [0.29, 0.717) is 12.5 Å². The molecule has 0 aromatic carbocycles. The van der Waals surface area contributed by atoms with Gasteiger partial charge in [-0.2, -0.15) is 0 Å². The minimum atomic E-state index is -1.44. The van der Waals surface area contributed by atoms with Crippen molar-refractivity contribution >= 4 is 17.7 Å². The van der Waals surface area contributed by atoms with Gasteiger partial charge < -0.3 is 21.1 Å². The van der Waals surface area contributed by atoms with Crippen LogP contribution in [0.25, 0.3) is 0 Å². The third kappa shape index (κ3) is 5.78. The Labute approximate surface area is 149 Å². The number of aliphatic carboxylic acids is 1. The number of ketones is 1. The van der Waals surface area contributed by atoms with Gasteiger partial charge in [0.1, 0.15) is 0 Å². The number of Topliss-reactive ketones (excluding diaryl/α,β-unsaturated/α-hetero) is 1. The largest absolute Gasteiger partial charge is 0.481 e. The summed E-state index contributed by atoms with van der Waals surface area (Å²) in [5.41, 5.74) is 4.40. The monoisotopic (exact) mass is 353 g/mol. The van der Waals surface area contributed by atoms with Crippen LogP contribution in [0.5, 0.6) is 0 Å². The molecule has 0 radical (unpaired) electrons. The highest BCUT2D eigenvalue weighted by molar-refractivity contribution is 5.95. The van der Waals surface area contributed by atoms with Crippen molar-refractivity contribution in [1.29, 1.82) is 0 Å². The third-order valence-electron chi connectivity index (χ3n) is 5.51. The van der Waals surface area contributed by atoms with Gasteiger partial charge in [0.15, 0.2) is 5.78 Å². The van der Waals surface area contributed by atoms with Crippen LogP contribution in [0.1, 0.15) is 51.9 Å². The topological polar surface area (TPSA) is 113 Å². The summed E-state index contributed by atoms with van der Waals surface area (Å²) >= 11 is 0. The Morgan fingerprint density at radius 1 is 1.28 bits per heavy atom. The fourth-order valence-corrected chi connectivity index (χ4v) is 3.82. The van der Waals surface area contributed by atoms with E-state index >= 15 is 0 Å². The van der Waals surface area contributed by atoms with E-state index in [2.05, 4.69) is 5.32 Å². The van der Waals surface area contributed by atoms with Gasteiger partial charge in [0.2, 0.25) is 5.91 Å². The maximum absolute atomic E-state index is 12.7. The normalized spacial score (nSPS) is 24.8. The molecule has 2 rings (SSSR count). The Bertz CT molecular complexity index is 501. The molecule has 0 spiro atoms. The lowest BCUT2D eigenvalue weighted by molar-refractivity contribution is -0.144. The maximum Gasteiger partial charge on any atom is 0.305 e. The highest BCUT2D eigenvalue weighted by atomic mass is 16.4. The summed E-state index contributed by atoms with van der Waals surface area (Å²) in [4.78, 5) is 37.4. The molecule has 2 heterocycles. The Balaban J connectivity index is 1.85. The molecule has 0 saturated carbocycles. The van der Waals surface area contributed by atoms with E-state index in [-0.39, 0.29) is 24.2 Å². The average Bonchev–Trinajstić information content (AvgIpc) is 2.55. The summed E-state index contributed by atoms with van der Waals surface area (Å²) in [5.74, 6) is -0.793. The molecule has 7 heteroatoms. The van der Waals surface area contributed by atoms with Gasteiger partial charge in [-0.3, -0.25) is 14.4 Å². The SMILES string of the molecule is CC(N)(CC(=O)O)C(=O)CN1CCCC(CCC2CCNCC2)C1=O. The molecule has 2 aliphatic heterocycles. The number of amides is 1. The Kier molecular flexibility index (Phi) is 6.95. The number of piperidine rings is 2. The van der Waals surface area contributed by atoms with Crippen LogP contribution in [0.2, 0.25) is 0 Å². The zero-order valence-electron chi connectivity index (χ0n) is 15.1. The fourth-order valence-electron chi connectivity index (χ4n) is 3.82. The van der Waals surface area contributed by atoms with Crippen molar-refractivity contribution < 1.29 is 19.5 Å². The quantitative estimate of drug-likeness (QED) is 0.594. The lowest BCUT2D eigenvalue weighted by Gasteiger charge is -2.34. The molecule has 2 fully saturated rings. The predicted octanol–water partition coefficient (Wildman–Crippen LogP) is 0.766. The second-order valence-corrected chi connectivity index (χ2v) is 7.78. The predicted molar refractivity (Wildman–Crippen MR) is 94.0 cm³/mol. The number of carboxylic acid groups (broad SMARTS) is 1. The summed E-state index contributed by atoms with van der Waals surface area (Å²) in [5, 5.41) is 12.2. The summed E-state index contributed by atoms with van der Waals surface area (Å²) in [7, 11) is 0. The first-order valence-corrected chi connectivity index (χ1v) is 9.33. The molecule has 4 N–H and O–H groups in total. The Hall–Kier alpha value is -1.47. The number of carboxylic acids is 1. The first kappa shape index (κ1) is 19.8. The molecule has 0 aliphatic carbocycles. The lowest BCUT2D eigenvalue weighted by atomic mass is 9.85. The number of carbonyl (C=O) groups is 3. The maximum atomic E-state index is 12.7. The van der Waals surface area contributed by atoms with Crippen LogP contribution in [0.3, 0.4) is 0 Å². The van der Waals surface area contributed by atoms with Crippen LogP contribution in [-0.2, 0) is 14.4 Å². The first-order valence-electron chi connectivity index (χ1n) is 9.33. The number of carbonyl (C=O) groups excluding carboxylic acids is 2. The van der Waals surface area contributed by atoms with Crippen molar-refractivity contribution in [3.63, 3.8) is 0 Å². The van der Waals surface area contributed by atoms with Gasteiger partial charge in [0.25, 0.3) is 0 Å². The number of likely N-dealkylation sites (tertiary alicyclic amines) is 1. The van der Waals surface area contributed by atoms with Crippen LogP contribution in [-0.4, -0.2) is 59.4 Å². The number of nitrogens with one attached hydrogen (secondary N) is 1. The van der Waals surface area contributed by atoms with Gasteiger partial charge >= 0.3 is 5.97 Å². The number of rotatable bonds is 8. The first-order chi connectivity index (χ1) is 11.8. The van der Waals surface area contributed by atoms with Crippen molar-refractivity contribution in [3.05, 3.63) is 0 Å². The van der Waals surface area contributed by atoms with E-state index in [1.54, 1.807) is 4.90 Å². The lowest BCUT2D eigenvalue weighted by Crippen LogP contribution is -2.53. The fraction of sp³-hybridized carbons (Fsp3) is 0.833. The Morgan fingerprint density at radius 3 is 2.60 bits per heavy atom. The molecule has 0 aromatic heterocycles. The summed E-state index contributed by atoms with van der Waals surface area (Å²) in [6.07, 6.45) is 5.62. The second kappa shape index (κ2) is 8.76. The van der Waals surface area contributed by atoms with E-state index in [1.807, 2.05) is 0 Å². The second-order valence-electron chi connectivity index (χ2n) is 7.78.